The van der Waals surface area contributed by atoms with Gasteiger partial charge in [0.1, 0.15) is 16.6 Å². The maximum Gasteiger partial charge on any atom is 0.216 e. The summed E-state index contributed by atoms with van der Waals surface area (Å²) in [5.74, 6) is -2.50. The lowest BCUT2D eigenvalue weighted by molar-refractivity contribution is 0.544. The van der Waals surface area contributed by atoms with E-state index in [1.165, 1.54) is 17.4 Å². The van der Waals surface area contributed by atoms with Gasteiger partial charge in [-0.25, -0.2) is 26.9 Å². The fraction of sp³-hybridized carbons (Fsp3) is 0.357. The van der Waals surface area contributed by atoms with E-state index in [4.69, 9.17) is 0 Å². The van der Waals surface area contributed by atoms with Crippen LogP contribution in [0.25, 0.3) is 0 Å². The van der Waals surface area contributed by atoms with Gasteiger partial charge in [0.15, 0.2) is 0 Å². The zero-order valence-corrected chi connectivity index (χ0v) is 13.8. The number of nitrogens with one attached hydrogen (secondary N) is 1. The van der Waals surface area contributed by atoms with Gasteiger partial charge in [0.2, 0.25) is 10.0 Å². The van der Waals surface area contributed by atoms with E-state index in [1.54, 1.807) is 13.1 Å². The highest BCUT2D eigenvalue weighted by Gasteiger charge is 2.22. The van der Waals surface area contributed by atoms with Gasteiger partial charge in [0, 0.05) is 16.6 Å². The van der Waals surface area contributed by atoms with Crippen molar-refractivity contribution in [2.75, 3.05) is 0 Å². The van der Waals surface area contributed by atoms with Crippen LogP contribution in [0.15, 0.2) is 24.4 Å². The molecule has 0 fully saturated rings. The van der Waals surface area contributed by atoms with Gasteiger partial charge in [0.05, 0.1) is 11.8 Å². The number of rotatable bonds is 6. The van der Waals surface area contributed by atoms with Crippen molar-refractivity contribution in [3.05, 3.63) is 51.5 Å². The lowest BCUT2D eigenvalue weighted by atomic mass is 10.2. The number of hydrogen-bond donors (Lipinski definition) is 1. The van der Waals surface area contributed by atoms with Crippen molar-refractivity contribution in [1.29, 1.82) is 0 Å². The SMILES string of the molecule is CCc1cnc([C@H](C)NS(=O)(=O)Cc2c(F)cccc2F)s1. The molecule has 1 aromatic carbocycles. The summed E-state index contributed by atoms with van der Waals surface area (Å²) in [5, 5.41) is 0.620. The van der Waals surface area contributed by atoms with Crippen molar-refractivity contribution in [3.8, 4) is 0 Å². The molecule has 0 aliphatic rings. The summed E-state index contributed by atoms with van der Waals surface area (Å²) in [7, 11) is -3.89. The van der Waals surface area contributed by atoms with Gasteiger partial charge in [-0.1, -0.05) is 13.0 Å². The summed E-state index contributed by atoms with van der Waals surface area (Å²) in [4.78, 5) is 5.20. The molecule has 0 aliphatic heterocycles. The lowest BCUT2D eigenvalue weighted by Crippen LogP contribution is -2.28. The average Bonchev–Trinajstić information content (AvgIpc) is 2.91. The first-order valence-corrected chi connectivity index (χ1v) is 9.16. The monoisotopic (exact) mass is 346 g/mol. The van der Waals surface area contributed by atoms with E-state index >= 15 is 0 Å². The fourth-order valence-electron chi connectivity index (χ4n) is 1.91. The molecular formula is C14H16F2N2O2S2. The molecule has 22 heavy (non-hydrogen) atoms. The van der Waals surface area contributed by atoms with Crippen LogP contribution in [0, 0.1) is 11.6 Å². The Bertz CT molecular complexity index is 740. The standard InChI is InChI=1S/C14H16F2N2O2S2/c1-3-10-7-17-14(21-10)9(2)18-22(19,20)8-11-12(15)5-4-6-13(11)16/h4-7,9,18H,3,8H2,1-2H3/t9-/m0/s1. The van der Waals surface area contributed by atoms with E-state index < -0.39 is 39.0 Å². The maximum atomic E-state index is 13.5. The van der Waals surface area contributed by atoms with Crippen molar-refractivity contribution < 1.29 is 17.2 Å². The van der Waals surface area contributed by atoms with Crippen molar-refractivity contribution in [2.24, 2.45) is 0 Å². The zero-order chi connectivity index (χ0) is 16.3. The van der Waals surface area contributed by atoms with Gasteiger partial charge in [-0.2, -0.15) is 0 Å². The van der Waals surface area contributed by atoms with Gasteiger partial charge in [-0.3, -0.25) is 0 Å². The number of aryl methyl sites for hydroxylation is 1. The van der Waals surface area contributed by atoms with E-state index in [-0.39, 0.29) is 0 Å². The molecule has 0 radical (unpaired) electrons. The Labute approximate surface area is 132 Å². The first-order valence-electron chi connectivity index (χ1n) is 6.70. The minimum atomic E-state index is -3.89. The molecule has 1 N–H and O–H groups in total. The third-order valence-electron chi connectivity index (χ3n) is 3.04. The molecule has 8 heteroatoms. The Morgan fingerprint density at radius 2 is 1.95 bits per heavy atom. The number of hydrogen-bond acceptors (Lipinski definition) is 4. The predicted molar refractivity (Wildman–Crippen MR) is 82.0 cm³/mol. The second-order valence-electron chi connectivity index (χ2n) is 4.82. The van der Waals surface area contributed by atoms with Crippen molar-refractivity contribution in [3.63, 3.8) is 0 Å². The molecule has 0 amide bonds. The Balaban J connectivity index is 2.14. The van der Waals surface area contributed by atoms with Crippen LogP contribution < -0.4 is 4.72 Å². The number of benzene rings is 1. The molecule has 0 saturated carbocycles. The first kappa shape index (κ1) is 17.0. The van der Waals surface area contributed by atoms with Crippen LogP contribution in [0.5, 0.6) is 0 Å². The van der Waals surface area contributed by atoms with E-state index in [9.17, 15) is 17.2 Å². The molecule has 0 spiro atoms. The molecular weight excluding hydrogens is 330 g/mol. The topological polar surface area (TPSA) is 59.1 Å². The quantitative estimate of drug-likeness (QED) is 0.874. The molecule has 1 aromatic heterocycles. The fourth-order valence-corrected chi connectivity index (χ4v) is 4.23. The summed E-state index contributed by atoms with van der Waals surface area (Å²) in [6.45, 7) is 3.63. The number of aromatic nitrogens is 1. The minimum absolute atomic E-state index is 0.462. The Kier molecular flexibility index (Phi) is 5.25. The van der Waals surface area contributed by atoms with Crippen molar-refractivity contribution in [1.82, 2.24) is 9.71 Å². The molecule has 2 rings (SSSR count). The van der Waals surface area contributed by atoms with Crippen LogP contribution in [0.3, 0.4) is 0 Å². The Hall–Kier alpha value is -1.38. The molecule has 2 aromatic rings. The van der Waals surface area contributed by atoms with E-state index in [0.717, 1.165) is 23.4 Å². The lowest BCUT2D eigenvalue weighted by Gasteiger charge is -2.12. The summed E-state index contributed by atoms with van der Waals surface area (Å²) < 4.78 is 53.7. The molecule has 0 unspecified atom stereocenters. The summed E-state index contributed by atoms with van der Waals surface area (Å²) in [6, 6.07) is 2.71. The number of nitrogens with zero attached hydrogens (tertiary/aromatic N) is 1. The zero-order valence-electron chi connectivity index (χ0n) is 12.1. The Morgan fingerprint density at radius 3 is 2.50 bits per heavy atom. The van der Waals surface area contributed by atoms with Crippen LogP contribution in [0.2, 0.25) is 0 Å². The third kappa shape index (κ3) is 4.08. The van der Waals surface area contributed by atoms with Gasteiger partial charge in [-0.15, -0.1) is 11.3 Å². The molecule has 0 bridgehead atoms. The Morgan fingerprint density at radius 1 is 1.32 bits per heavy atom. The van der Waals surface area contributed by atoms with Crippen molar-refractivity contribution in [2.45, 2.75) is 32.1 Å². The molecule has 4 nitrogen and oxygen atoms in total. The first-order chi connectivity index (χ1) is 10.3. The summed E-state index contributed by atoms with van der Waals surface area (Å²) in [6.07, 6.45) is 2.51. The van der Waals surface area contributed by atoms with Crippen molar-refractivity contribution >= 4 is 21.4 Å². The minimum Gasteiger partial charge on any atom is -0.248 e. The van der Waals surface area contributed by atoms with Gasteiger partial charge in [-0.05, 0) is 25.5 Å². The van der Waals surface area contributed by atoms with Gasteiger partial charge < -0.3 is 0 Å². The molecule has 1 heterocycles. The predicted octanol–water partition coefficient (Wildman–Crippen LogP) is 3.16. The van der Waals surface area contributed by atoms with Crippen LogP contribution in [-0.4, -0.2) is 13.4 Å². The van der Waals surface area contributed by atoms with Crippen LogP contribution >= 0.6 is 11.3 Å². The van der Waals surface area contributed by atoms with Gasteiger partial charge in [0.25, 0.3) is 0 Å². The molecule has 0 saturated heterocycles. The van der Waals surface area contributed by atoms with Crippen LogP contribution in [-0.2, 0) is 22.2 Å². The normalized spacial score (nSPS) is 13.3. The highest BCUT2D eigenvalue weighted by Crippen LogP contribution is 2.22. The number of thiazole rings is 1. The maximum absolute atomic E-state index is 13.5. The smallest absolute Gasteiger partial charge is 0.216 e. The van der Waals surface area contributed by atoms with E-state index in [1.807, 2.05) is 6.92 Å². The second kappa shape index (κ2) is 6.80. The van der Waals surface area contributed by atoms with E-state index in [2.05, 4.69) is 9.71 Å². The van der Waals surface area contributed by atoms with Crippen LogP contribution in [0.1, 0.15) is 35.3 Å². The molecule has 120 valence electrons. The number of sulfonamides is 1. The second-order valence-corrected chi connectivity index (χ2v) is 7.72. The third-order valence-corrected chi connectivity index (χ3v) is 5.75. The highest BCUT2D eigenvalue weighted by molar-refractivity contribution is 7.88. The largest absolute Gasteiger partial charge is 0.248 e. The summed E-state index contributed by atoms with van der Waals surface area (Å²) in [5.41, 5.74) is -0.462. The highest BCUT2D eigenvalue weighted by atomic mass is 32.2. The summed E-state index contributed by atoms with van der Waals surface area (Å²) >= 11 is 1.41. The van der Waals surface area contributed by atoms with Gasteiger partial charge >= 0.3 is 0 Å². The average molecular weight is 346 g/mol. The molecule has 0 aliphatic carbocycles. The molecule has 1 atom stereocenters. The van der Waals surface area contributed by atoms with E-state index in [0.29, 0.717) is 5.01 Å². The van der Waals surface area contributed by atoms with Crippen LogP contribution in [0.4, 0.5) is 8.78 Å². The number of halogens is 2.